The number of aliphatic carboxylic acids is 1. The Hall–Kier alpha value is -4.15. The van der Waals surface area contributed by atoms with E-state index in [1.807, 2.05) is 13.8 Å². The minimum absolute atomic E-state index is 0.0256. The molecule has 17 heteroatoms. The molecule has 0 aliphatic carbocycles. The first kappa shape index (κ1) is 34.9. The van der Waals surface area contributed by atoms with Gasteiger partial charge in [0.2, 0.25) is 23.6 Å². The van der Waals surface area contributed by atoms with Gasteiger partial charge < -0.3 is 55.5 Å². The zero-order valence-electron chi connectivity index (χ0n) is 22.4. The van der Waals surface area contributed by atoms with E-state index in [9.17, 15) is 29.1 Å². The Morgan fingerprint density at radius 3 is 1.64 bits per heavy atom. The summed E-state index contributed by atoms with van der Waals surface area (Å²) < 4.78 is 0. The molecule has 0 spiro atoms. The fraction of sp³-hybridized carbons (Fsp3) is 0.682. The molecule has 39 heavy (non-hydrogen) atoms. The topological polar surface area (TPSA) is 323 Å². The largest absolute Gasteiger partial charge is 0.480 e. The van der Waals surface area contributed by atoms with Gasteiger partial charge in [0.1, 0.15) is 18.1 Å². The first-order chi connectivity index (χ1) is 18.1. The number of carbonyl (C=O) groups excluding carboxylic acids is 4. The first-order valence-electron chi connectivity index (χ1n) is 12.4. The van der Waals surface area contributed by atoms with Crippen LogP contribution in [-0.4, -0.2) is 83.9 Å². The maximum Gasteiger partial charge on any atom is 0.326 e. The van der Waals surface area contributed by atoms with Crippen LogP contribution >= 0.6 is 0 Å². The van der Waals surface area contributed by atoms with Gasteiger partial charge in [0, 0.05) is 13.1 Å². The molecule has 0 aliphatic heterocycles. The molecule has 16 N–H and O–H groups in total. The van der Waals surface area contributed by atoms with E-state index < -0.39 is 60.2 Å². The molecular formula is C22H43N11O6. The molecule has 0 fully saturated rings. The van der Waals surface area contributed by atoms with Gasteiger partial charge >= 0.3 is 5.97 Å². The minimum Gasteiger partial charge on any atom is -0.480 e. The van der Waals surface area contributed by atoms with Crippen molar-refractivity contribution >= 4 is 41.5 Å². The molecule has 0 saturated carbocycles. The number of nitrogens with one attached hydrogen (secondary N) is 3. The van der Waals surface area contributed by atoms with Crippen LogP contribution in [0.4, 0.5) is 0 Å². The lowest BCUT2D eigenvalue weighted by Gasteiger charge is -2.25. The summed E-state index contributed by atoms with van der Waals surface area (Å²) >= 11 is 0. The van der Waals surface area contributed by atoms with Crippen molar-refractivity contribution in [3.05, 3.63) is 0 Å². The van der Waals surface area contributed by atoms with Gasteiger partial charge in [-0.15, -0.1) is 0 Å². The van der Waals surface area contributed by atoms with Crippen LogP contribution in [-0.2, 0) is 24.0 Å². The molecule has 17 nitrogen and oxygen atoms in total. The third-order valence-corrected chi connectivity index (χ3v) is 5.24. The Morgan fingerprint density at radius 2 is 1.18 bits per heavy atom. The maximum atomic E-state index is 13.1. The Balaban J connectivity index is 5.43. The average molecular weight is 558 g/mol. The van der Waals surface area contributed by atoms with Crippen LogP contribution in [0.3, 0.4) is 0 Å². The molecular weight excluding hydrogens is 514 g/mol. The average Bonchev–Trinajstić information content (AvgIpc) is 2.81. The lowest BCUT2D eigenvalue weighted by molar-refractivity contribution is -0.142. The first-order valence-corrected chi connectivity index (χ1v) is 12.4. The van der Waals surface area contributed by atoms with Gasteiger partial charge in [-0.1, -0.05) is 13.8 Å². The van der Waals surface area contributed by atoms with Crippen LogP contribution in [0.2, 0.25) is 0 Å². The number of hydrogen-bond acceptors (Lipinski definition) is 8. The Morgan fingerprint density at radius 1 is 0.718 bits per heavy atom. The van der Waals surface area contributed by atoms with Crippen molar-refractivity contribution in [1.29, 1.82) is 0 Å². The van der Waals surface area contributed by atoms with Crippen LogP contribution in [0, 0.1) is 5.92 Å². The Labute approximate surface area is 226 Å². The maximum absolute atomic E-state index is 13.1. The number of carbonyl (C=O) groups is 5. The van der Waals surface area contributed by atoms with Gasteiger partial charge in [0.15, 0.2) is 11.9 Å². The number of primary amides is 1. The molecule has 4 amide bonds. The zero-order chi connectivity index (χ0) is 30.1. The molecule has 0 radical (unpaired) electrons. The summed E-state index contributed by atoms with van der Waals surface area (Å²) in [4.78, 5) is 69.3. The summed E-state index contributed by atoms with van der Waals surface area (Å²) in [5.74, 6) is -4.87. The van der Waals surface area contributed by atoms with Gasteiger partial charge in [-0.05, 0) is 38.0 Å². The van der Waals surface area contributed by atoms with Crippen molar-refractivity contribution in [1.82, 2.24) is 16.0 Å². The summed E-state index contributed by atoms with van der Waals surface area (Å²) in [5.41, 5.74) is 32.1. The van der Waals surface area contributed by atoms with Crippen molar-refractivity contribution in [3.63, 3.8) is 0 Å². The van der Waals surface area contributed by atoms with Gasteiger partial charge in [-0.2, -0.15) is 0 Å². The quantitative estimate of drug-likeness (QED) is 0.0413. The van der Waals surface area contributed by atoms with Gasteiger partial charge in [-0.25, -0.2) is 4.79 Å². The molecule has 0 aromatic heterocycles. The molecule has 222 valence electrons. The van der Waals surface area contributed by atoms with Gasteiger partial charge in [-0.3, -0.25) is 29.2 Å². The summed E-state index contributed by atoms with van der Waals surface area (Å²) in [5, 5.41) is 16.7. The van der Waals surface area contributed by atoms with Crippen molar-refractivity contribution in [2.45, 2.75) is 76.5 Å². The van der Waals surface area contributed by atoms with Crippen molar-refractivity contribution in [2.75, 3.05) is 13.1 Å². The van der Waals surface area contributed by atoms with E-state index in [-0.39, 0.29) is 56.6 Å². The summed E-state index contributed by atoms with van der Waals surface area (Å²) in [6, 6.07) is -4.89. The summed E-state index contributed by atoms with van der Waals surface area (Å²) in [6.07, 6.45) is 0.450. The van der Waals surface area contributed by atoms with Crippen LogP contribution in [0.1, 0.15) is 52.4 Å². The Bertz CT molecular complexity index is 901. The monoisotopic (exact) mass is 557 g/mol. The lowest BCUT2D eigenvalue weighted by Crippen LogP contribution is -2.58. The fourth-order valence-corrected chi connectivity index (χ4v) is 3.35. The van der Waals surface area contributed by atoms with E-state index in [2.05, 4.69) is 25.9 Å². The number of nitrogens with zero attached hydrogens (tertiary/aromatic N) is 2. The number of aliphatic imine (C=N–C) groups is 2. The van der Waals surface area contributed by atoms with E-state index in [4.69, 9.17) is 34.4 Å². The van der Waals surface area contributed by atoms with Crippen LogP contribution in [0.25, 0.3) is 0 Å². The lowest BCUT2D eigenvalue weighted by atomic mass is 10.0. The van der Waals surface area contributed by atoms with E-state index in [0.717, 1.165) is 0 Å². The molecule has 0 heterocycles. The number of carboxylic acid groups (broad SMARTS) is 1. The number of carboxylic acids is 1. The van der Waals surface area contributed by atoms with E-state index >= 15 is 0 Å². The molecule has 0 rings (SSSR count). The molecule has 4 atom stereocenters. The van der Waals surface area contributed by atoms with Crippen molar-refractivity contribution in [3.8, 4) is 0 Å². The number of hydrogen-bond donors (Lipinski definition) is 10. The van der Waals surface area contributed by atoms with Gasteiger partial charge in [0.05, 0.1) is 12.5 Å². The van der Waals surface area contributed by atoms with Crippen molar-refractivity contribution < 1.29 is 29.1 Å². The second-order valence-electron chi connectivity index (χ2n) is 9.33. The SMILES string of the molecule is CC(C)CC(NC(=O)C(N)CCCN=C(N)N)C(=O)NC(CC(N)=O)C(=O)NC(CCCN=C(N)N)C(=O)O. The number of amides is 4. The zero-order valence-corrected chi connectivity index (χ0v) is 22.4. The number of nitrogens with two attached hydrogens (primary N) is 6. The second-order valence-corrected chi connectivity index (χ2v) is 9.33. The third kappa shape index (κ3) is 16.3. The molecule has 0 bridgehead atoms. The van der Waals surface area contributed by atoms with E-state index in [1.54, 1.807) is 0 Å². The molecule has 0 saturated heterocycles. The summed E-state index contributed by atoms with van der Waals surface area (Å²) in [7, 11) is 0. The van der Waals surface area contributed by atoms with Gasteiger partial charge in [0.25, 0.3) is 0 Å². The molecule has 0 aromatic carbocycles. The predicted octanol–water partition coefficient (Wildman–Crippen LogP) is -4.12. The number of guanidine groups is 2. The standard InChI is InChI=1S/C22H43N11O6/c1-11(2)9-14(32-17(35)12(23)5-3-7-29-21(25)26)18(36)33-15(10-16(24)34)19(37)31-13(20(38)39)6-4-8-30-22(27)28/h11-15H,3-10,23H2,1-2H3,(H2,24,34)(H,31,37)(H,32,35)(H,33,36)(H,38,39)(H4,25,26,29)(H4,27,28,30). The highest BCUT2D eigenvalue weighted by Crippen LogP contribution is 2.08. The Kier molecular flexibility index (Phi) is 16.2. The normalized spacial score (nSPS) is 13.7. The number of rotatable bonds is 19. The van der Waals surface area contributed by atoms with Crippen LogP contribution in [0.5, 0.6) is 0 Å². The minimum atomic E-state index is -1.49. The van der Waals surface area contributed by atoms with E-state index in [1.165, 1.54) is 0 Å². The highest BCUT2D eigenvalue weighted by atomic mass is 16.4. The fourth-order valence-electron chi connectivity index (χ4n) is 3.35. The summed E-state index contributed by atoms with van der Waals surface area (Å²) in [6.45, 7) is 4.04. The smallest absolute Gasteiger partial charge is 0.326 e. The second kappa shape index (κ2) is 18.2. The van der Waals surface area contributed by atoms with Crippen LogP contribution in [0.15, 0.2) is 9.98 Å². The van der Waals surface area contributed by atoms with Crippen LogP contribution < -0.4 is 50.4 Å². The van der Waals surface area contributed by atoms with E-state index in [0.29, 0.717) is 6.42 Å². The highest BCUT2D eigenvalue weighted by molar-refractivity contribution is 5.96. The third-order valence-electron chi connectivity index (χ3n) is 5.24. The molecule has 0 aromatic rings. The molecule has 4 unspecified atom stereocenters. The van der Waals surface area contributed by atoms with Crippen molar-refractivity contribution in [2.24, 2.45) is 50.3 Å². The molecule has 0 aliphatic rings. The highest BCUT2D eigenvalue weighted by Gasteiger charge is 2.31. The predicted molar refractivity (Wildman–Crippen MR) is 144 cm³/mol.